The van der Waals surface area contributed by atoms with E-state index in [1.54, 1.807) is 6.92 Å². The molecule has 1 N–H and O–H groups in total. The predicted octanol–water partition coefficient (Wildman–Crippen LogP) is 3.89. The fraction of sp³-hybridized carbons (Fsp3) is 0.393. The number of H-pyrrole nitrogens is 1. The lowest BCUT2D eigenvalue weighted by atomic mass is 10.0. The van der Waals surface area contributed by atoms with Gasteiger partial charge in [0.2, 0.25) is 0 Å². The Hall–Kier alpha value is -3.85. The zero-order valence-electron chi connectivity index (χ0n) is 21.9. The summed E-state index contributed by atoms with van der Waals surface area (Å²) in [5.74, 6) is 0.186. The quantitative estimate of drug-likeness (QED) is 0.310. The number of esters is 1. The number of tetrazole rings is 1. The lowest BCUT2D eigenvalue weighted by Crippen LogP contribution is -2.34. The molecule has 9 heteroatoms. The van der Waals surface area contributed by atoms with Crippen LogP contribution in [0.5, 0.6) is 0 Å². The molecule has 4 rings (SSSR count). The summed E-state index contributed by atoms with van der Waals surface area (Å²) in [6.07, 6.45) is 1.49. The van der Waals surface area contributed by atoms with Crippen molar-refractivity contribution in [2.75, 3.05) is 13.2 Å². The zero-order valence-corrected chi connectivity index (χ0v) is 21.9. The number of pyridine rings is 1. The molecule has 2 heterocycles. The van der Waals surface area contributed by atoms with E-state index in [1.165, 1.54) is 15.8 Å². The Morgan fingerprint density at radius 3 is 2.59 bits per heavy atom. The third-order valence-electron chi connectivity index (χ3n) is 6.71. The van der Waals surface area contributed by atoms with Gasteiger partial charge in [-0.15, -0.1) is 5.10 Å². The number of benzene rings is 2. The molecule has 0 radical (unpaired) electrons. The van der Waals surface area contributed by atoms with Crippen LogP contribution in [0.3, 0.4) is 0 Å². The molecule has 0 amide bonds. The molecule has 0 fully saturated rings. The van der Waals surface area contributed by atoms with Crippen LogP contribution >= 0.6 is 0 Å². The van der Waals surface area contributed by atoms with Gasteiger partial charge in [0.1, 0.15) is 6.54 Å². The fourth-order valence-corrected chi connectivity index (χ4v) is 4.62. The average Bonchev–Trinajstić information content (AvgIpc) is 3.32. The summed E-state index contributed by atoms with van der Waals surface area (Å²) in [7, 11) is 0. The van der Waals surface area contributed by atoms with E-state index >= 15 is 0 Å². The summed E-state index contributed by atoms with van der Waals surface area (Å²) >= 11 is 0. The van der Waals surface area contributed by atoms with Gasteiger partial charge in [-0.3, -0.25) is 14.5 Å². The molecule has 0 unspecified atom stereocenters. The fourth-order valence-electron chi connectivity index (χ4n) is 4.62. The highest BCUT2D eigenvalue weighted by Gasteiger charge is 2.26. The van der Waals surface area contributed by atoms with E-state index in [2.05, 4.69) is 57.5 Å². The van der Waals surface area contributed by atoms with Crippen LogP contribution in [0.1, 0.15) is 54.4 Å². The highest BCUT2D eigenvalue weighted by molar-refractivity contribution is 5.80. The molecule has 1 atom stereocenters. The van der Waals surface area contributed by atoms with Gasteiger partial charge in [0.15, 0.2) is 5.82 Å². The minimum atomic E-state index is -0.390. The Morgan fingerprint density at radius 1 is 1.11 bits per heavy atom. The molecule has 37 heavy (non-hydrogen) atoms. The minimum absolute atomic E-state index is 0.0611. The summed E-state index contributed by atoms with van der Waals surface area (Å²) < 4.78 is 6.60. The number of hydrogen-bond donors (Lipinski definition) is 1. The summed E-state index contributed by atoms with van der Waals surface area (Å²) in [5.41, 5.74) is 4.91. The van der Waals surface area contributed by atoms with Crippen molar-refractivity contribution in [3.8, 4) is 0 Å². The topological polar surface area (TPSA) is 106 Å². The molecular formula is C28H34N6O3. The molecule has 0 aliphatic carbocycles. The Bertz CT molecular complexity index is 1410. The number of aryl methyl sites for hydroxylation is 2. The second-order valence-electron chi connectivity index (χ2n) is 9.28. The van der Waals surface area contributed by atoms with Gasteiger partial charge in [-0.1, -0.05) is 37.3 Å². The Morgan fingerprint density at radius 2 is 1.86 bits per heavy atom. The number of rotatable bonds is 11. The van der Waals surface area contributed by atoms with Crippen molar-refractivity contribution in [1.29, 1.82) is 0 Å². The van der Waals surface area contributed by atoms with Gasteiger partial charge in [0.05, 0.1) is 12.6 Å². The summed E-state index contributed by atoms with van der Waals surface area (Å²) in [6, 6.07) is 16.1. The Kier molecular flexibility index (Phi) is 8.45. The lowest BCUT2D eigenvalue weighted by molar-refractivity contribution is -0.144. The average molecular weight is 503 g/mol. The summed E-state index contributed by atoms with van der Waals surface area (Å²) in [6.45, 7) is 9.26. The molecule has 0 bridgehead atoms. The van der Waals surface area contributed by atoms with Crippen molar-refractivity contribution >= 4 is 16.9 Å². The van der Waals surface area contributed by atoms with Gasteiger partial charge in [-0.05, 0) is 84.3 Å². The van der Waals surface area contributed by atoms with Crippen molar-refractivity contribution in [3.63, 3.8) is 0 Å². The molecule has 2 aromatic carbocycles. The largest absolute Gasteiger partial charge is 0.465 e. The van der Waals surface area contributed by atoms with Crippen molar-refractivity contribution in [2.45, 2.75) is 59.7 Å². The molecule has 4 aromatic rings. The smallest absolute Gasteiger partial charge is 0.327 e. The monoisotopic (exact) mass is 502 g/mol. The number of carbonyl (C=O) groups excluding carboxylic acids is 1. The first-order valence-electron chi connectivity index (χ1n) is 12.7. The van der Waals surface area contributed by atoms with Crippen LogP contribution in [-0.4, -0.2) is 49.2 Å². The summed E-state index contributed by atoms with van der Waals surface area (Å²) in [5, 5.41) is 13.2. The number of hydrogen-bond acceptors (Lipinski definition) is 7. The van der Waals surface area contributed by atoms with Crippen molar-refractivity contribution in [1.82, 2.24) is 30.1 Å². The number of ether oxygens (including phenoxy) is 1. The highest BCUT2D eigenvalue weighted by atomic mass is 16.5. The van der Waals surface area contributed by atoms with E-state index in [9.17, 15) is 9.59 Å². The molecule has 194 valence electrons. The van der Waals surface area contributed by atoms with Crippen LogP contribution in [0.25, 0.3) is 10.9 Å². The Labute approximate surface area is 216 Å². The van der Waals surface area contributed by atoms with Gasteiger partial charge in [0.25, 0.3) is 5.56 Å². The third-order valence-corrected chi connectivity index (χ3v) is 6.71. The SMILES string of the molecule is CCOC(=O)Cn1nnnc1[C@H](CC)N(CCc1ccccc1)Cc1cc2cc(C)c(C)cc2[nH]c1=O. The minimum Gasteiger partial charge on any atom is -0.465 e. The third kappa shape index (κ3) is 6.29. The van der Waals surface area contributed by atoms with Crippen LogP contribution in [0.2, 0.25) is 0 Å². The maximum absolute atomic E-state index is 13.1. The normalized spacial score (nSPS) is 12.2. The van der Waals surface area contributed by atoms with Crippen molar-refractivity contribution in [3.05, 3.63) is 87.0 Å². The number of carbonyl (C=O) groups is 1. The maximum Gasteiger partial charge on any atom is 0.327 e. The van der Waals surface area contributed by atoms with E-state index < -0.39 is 5.97 Å². The first-order valence-corrected chi connectivity index (χ1v) is 12.7. The molecule has 2 aromatic heterocycles. The van der Waals surface area contributed by atoms with E-state index in [0.717, 1.165) is 22.9 Å². The van der Waals surface area contributed by atoms with Gasteiger partial charge in [-0.2, -0.15) is 0 Å². The number of nitrogens with one attached hydrogen (secondary N) is 1. The number of aromatic amines is 1. The van der Waals surface area contributed by atoms with E-state index in [4.69, 9.17) is 4.74 Å². The molecule has 9 nitrogen and oxygen atoms in total. The van der Waals surface area contributed by atoms with Crippen LogP contribution in [0.4, 0.5) is 0 Å². The second-order valence-corrected chi connectivity index (χ2v) is 9.28. The van der Waals surface area contributed by atoms with Gasteiger partial charge >= 0.3 is 5.97 Å². The molecule has 0 spiro atoms. The zero-order chi connectivity index (χ0) is 26.4. The number of fused-ring (bicyclic) bond motifs is 1. The maximum atomic E-state index is 13.1. The number of nitrogens with zero attached hydrogens (tertiary/aromatic N) is 5. The second kappa shape index (κ2) is 11.9. The summed E-state index contributed by atoms with van der Waals surface area (Å²) in [4.78, 5) is 30.6. The molecule has 0 aliphatic heterocycles. The van der Waals surface area contributed by atoms with Crippen LogP contribution < -0.4 is 5.56 Å². The molecule has 0 saturated heterocycles. The van der Waals surface area contributed by atoms with Gasteiger partial charge in [-0.25, -0.2) is 4.68 Å². The van der Waals surface area contributed by atoms with Crippen LogP contribution in [-0.2, 0) is 29.0 Å². The van der Waals surface area contributed by atoms with Crippen LogP contribution in [0.15, 0.2) is 53.3 Å². The van der Waals surface area contributed by atoms with Crippen molar-refractivity contribution < 1.29 is 9.53 Å². The molecule has 0 aliphatic rings. The lowest BCUT2D eigenvalue weighted by Gasteiger charge is -2.30. The first-order chi connectivity index (χ1) is 17.9. The van der Waals surface area contributed by atoms with E-state index in [1.807, 2.05) is 37.3 Å². The number of aromatic nitrogens is 5. The predicted molar refractivity (Wildman–Crippen MR) is 142 cm³/mol. The van der Waals surface area contributed by atoms with Gasteiger partial charge < -0.3 is 9.72 Å². The molecular weight excluding hydrogens is 468 g/mol. The van der Waals surface area contributed by atoms with Gasteiger partial charge in [0, 0.05) is 24.2 Å². The Balaban J connectivity index is 1.68. The standard InChI is InChI=1S/C28H34N6O3/c1-5-25(27-30-31-32-34(27)18-26(35)37-6-2)33(13-12-21-10-8-7-9-11-21)17-23-16-22-14-19(3)20(4)15-24(22)29-28(23)36/h7-11,14-16,25H,5-6,12-13,17-18H2,1-4H3,(H,29,36)/t25-/m0/s1. The van der Waals surface area contributed by atoms with E-state index in [-0.39, 0.29) is 18.1 Å². The van der Waals surface area contributed by atoms with Crippen molar-refractivity contribution in [2.24, 2.45) is 0 Å². The van der Waals surface area contributed by atoms with Crippen LogP contribution in [0, 0.1) is 13.8 Å². The highest BCUT2D eigenvalue weighted by Crippen LogP contribution is 2.25. The molecule has 0 saturated carbocycles. The van der Waals surface area contributed by atoms with E-state index in [0.29, 0.717) is 37.5 Å². The first kappa shape index (κ1) is 26.2.